The third kappa shape index (κ3) is 5.61. The molecule has 0 aliphatic carbocycles. The van der Waals surface area contributed by atoms with Crippen LogP contribution in [0.2, 0.25) is 10.0 Å². The standard InChI is InChI=1S/C26H31Cl2N5O3/c1-3-4-10-22-25(35)31(15-19-11-12-20(27)21(28)13-19)16-23-32(22)24(34)17-30(2)33(23)26(36)29-14-18-8-6-5-7-9-18/h5-9,11-13,22-23H,3-4,10,14-17H2,1-2H3,(H,29,36)/t22-,23-/m0/s1. The molecule has 0 bridgehead atoms. The molecular formula is C26H31Cl2N5O3. The first-order valence-corrected chi connectivity index (χ1v) is 12.9. The summed E-state index contributed by atoms with van der Waals surface area (Å²) in [4.78, 5) is 43.5. The first-order chi connectivity index (χ1) is 17.3. The summed E-state index contributed by atoms with van der Waals surface area (Å²) < 4.78 is 0. The van der Waals surface area contributed by atoms with Crippen LogP contribution in [0.15, 0.2) is 48.5 Å². The van der Waals surface area contributed by atoms with Gasteiger partial charge in [-0.3, -0.25) is 9.59 Å². The van der Waals surface area contributed by atoms with Crippen molar-refractivity contribution in [2.75, 3.05) is 20.1 Å². The molecule has 0 unspecified atom stereocenters. The molecule has 0 saturated carbocycles. The summed E-state index contributed by atoms with van der Waals surface area (Å²) in [5.41, 5.74) is 1.80. The van der Waals surface area contributed by atoms with Crippen LogP contribution in [0.3, 0.4) is 0 Å². The van der Waals surface area contributed by atoms with Gasteiger partial charge in [0, 0.05) is 20.1 Å². The third-order valence-corrected chi connectivity index (χ3v) is 7.36. The number of hydrogen-bond acceptors (Lipinski definition) is 4. The van der Waals surface area contributed by atoms with E-state index < -0.39 is 12.2 Å². The second-order valence-corrected chi connectivity index (χ2v) is 10.0. The van der Waals surface area contributed by atoms with Crippen molar-refractivity contribution in [3.63, 3.8) is 0 Å². The van der Waals surface area contributed by atoms with Crippen LogP contribution in [0.25, 0.3) is 0 Å². The maximum atomic E-state index is 13.6. The van der Waals surface area contributed by atoms with Gasteiger partial charge in [0.15, 0.2) is 0 Å². The van der Waals surface area contributed by atoms with Crippen molar-refractivity contribution in [2.24, 2.45) is 0 Å². The van der Waals surface area contributed by atoms with Gasteiger partial charge >= 0.3 is 6.03 Å². The molecule has 1 N–H and O–H groups in total. The molecule has 8 nitrogen and oxygen atoms in total. The number of urea groups is 1. The van der Waals surface area contributed by atoms with Gasteiger partial charge in [-0.1, -0.05) is 79.4 Å². The van der Waals surface area contributed by atoms with Crippen LogP contribution < -0.4 is 5.32 Å². The molecular weight excluding hydrogens is 501 g/mol. The lowest BCUT2D eigenvalue weighted by Crippen LogP contribution is -2.75. The largest absolute Gasteiger partial charge is 0.334 e. The zero-order valence-electron chi connectivity index (χ0n) is 20.5. The predicted octanol–water partition coefficient (Wildman–Crippen LogP) is 4.12. The van der Waals surface area contributed by atoms with E-state index in [0.717, 1.165) is 24.0 Å². The van der Waals surface area contributed by atoms with Gasteiger partial charge in [-0.2, -0.15) is 0 Å². The summed E-state index contributed by atoms with van der Waals surface area (Å²) in [5, 5.41) is 7.02. The van der Waals surface area contributed by atoms with Crippen molar-refractivity contribution in [1.82, 2.24) is 25.1 Å². The van der Waals surface area contributed by atoms with Gasteiger partial charge in [0.05, 0.1) is 23.1 Å². The average Bonchev–Trinajstić information content (AvgIpc) is 2.86. The SMILES string of the molecule is CCCC[C@H]1C(=O)N(Cc2ccc(Cl)c(Cl)c2)C[C@H]2N1C(=O)CN(C)N2C(=O)NCc1ccccc1. The number of unbranched alkanes of at least 4 members (excludes halogenated alkanes) is 1. The molecule has 2 fully saturated rings. The van der Waals surface area contributed by atoms with E-state index in [2.05, 4.69) is 5.32 Å². The van der Waals surface area contributed by atoms with Gasteiger partial charge in [0.25, 0.3) is 0 Å². The zero-order valence-corrected chi connectivity index (χ0v) is 22.0. The molecule has 2 aliphatic rings. The van der Waals surface area contributed by atoms with Gasteiger partial charge in [0.2, 0.25) is 11.8 Å². The molecule has 2 aromatic rings. The van der Waals surface area contributed by atoms with E-state index in [-0.39, 0.29) is 30.9 Å². The maximum absolute atomic E-state index is 13.6. The molecule has 4 amide bonds. The van der Waals surface area contributed by atoms with Crippen LogP contribution in [-0.2, 0) is 22.7 Å². The van der Waals surface area contributed by atoms with Gasteiger partial charge < -0.3 is 15.1 Å². The Kier molecular flexibility index (Phi) is 8.39. The summed E-state index contributed by atoms with van der Waals surface area (Å²) in [5.74, 6) is -0.272. The number of halogens is 2. The fourth-order valence-corrected chi connectivity index (χ4v) is 5.16. The smallest absolute Gasteiger partial charge is 0.333 e. The van der Waals surface area contributed by atoms with Crippen LogP contribution in [0.5, 0.6) is 0 Å². The number of amides is 4. The highest BCUT2D eigenvalue weighted by molar-refractivity contribution is 6.42. The molecule has 2 atom stereocenters. The van der Waals surface area contributed by atoms with Crippen molar-refractivity contribution in [2.45, 2.75) is 51.5 Å². The van der Waals surface area contributed by atoms with Gasteiger partial charge in [-0.25, -0.2) is 14.8 Å². The first kappa shape index (κ1) is 26.3. The van der Waals surface area contributed by atoms with Gasteiger partial charge in [-0.05, 0) is 29.7 Å². The average molecular weight is 532 g/mol. The highest BCUT2D eigenvalue weighted by Crippen LogP contribution is 2.30. The van der Waals surface area contributed by atoms with Crippen LogP contribution >= 0.6 is 23.2 Å². The van der Waals surface area contributed by atoms with Crippen molar-refractivity contribution in [1.29, 1.82) is 0 Å². The number of nitrogens with zero attached hydrogens (tertiary/aromatic N) is 4. The van der Waals surface area contributed by atoms with E-state index in [4.69, 9.17) is 23.2 Å². The summed E-state index contributed by atoms with van der Waals surface area (Å²) in [6.45, 7) is 2.93. The Morgan fingerprint density at radius 1 is 1.06 bits per heavy atom. The lowest BCUT2D eigenvalue weighted by atomic mass is 10.0. The minimum atomic E-state index is -0.628. The van der Waals surface area contributed by atoms with Crippen molar-refractivity contribution in [3.05, 3.63) is 69.7 Å². The predicted molar refractivity (Wildman–Crippen MR) is 139 cm³/mol. The molecule has 192 valence electrons. The number of nitrogens with one attached hydrogen (secondary N) is 1. The lowest BCUT2D eigenvalue weighted by Gasteiger charge is -2.54. The molecule has 2 heterocycles. The number of benzene rings is 2. The van der Waals surface area contributed by atoms with E-state index in [9.17, 15) is 14.4 Å². The van der Waals surface area contributed by atoms with Gasteiger partial charge in [0.1, 0.15) is 12.2 Å². The molecule has 36 heavy (non-hydrogen) atoms. The van der Waals surface area contributed by atoms with E-state index in [1.165, 1.54) is 0 Å². The number of rotatable bonds is 7. The fourth-order valence-electron chi connectivity index (χ4n) is 4.83. The zero-order chi connectivity index (χ0) is 25.8. The number of likely N-dealkylation sites (N-methyl/N-ethyl adjacent to an activating group) is 1. The highest BCUT2D eigenvalue weighted by Gasteiger charge is 2.50. The molecule has 2 saturated heterocycles. The number of fused-ring (bicyclic) bond motifs is 1. The van der Waals surface area contributed by atoms with Gasteiger partial charge in [-0.15, -0.1) is 0 Å². The third-order valence-electron chi connectivity index (χ3n) is 6.62. The number of carbonyl (C=O) groups is 3. The fraction of sp³-hybridized carbons (Fsp3) is 0.423. The number of hydrazine groups is 1. The maximum Gasteiger partial charge on any atom is 0.334 e. The summed E-state index contributed by atoms with van der Waals surface area (Å²) in [6, 6.07) is 14.0. The quantitative estimate of drug-likeness (QED) is 0.582. The van der Waals surface area contributed by atoms with Crippen molar-refractivity contribution < 1.29 is 14.4 Å². The van der Waals surface area contributed by atoms with E-state index in [1.807, 2.05) is 43.3 Å². The monoisotopic (exact) mass is 531 g/mol. The Bertz CT molecular complexity index is 1120. The minimum absolute atomic E-state index is 0.0257. The molecule has 0 spiro atoms. The van der Waals surface area contributed by atoms with Crippen LogP contribution in [0.1, 0.15) is 37.3 Å². The topological polar surface area (TPSA) is 76.2 Å². The molecule has 0 radical (unpaired) electrons. The number of piperazine rings is 1. The van der Waals surface area contributed by atoms with Crippen LogP contribution in [0.4, 0.5) is 4.79 Å². The van der Waals surface area contributed by atoms with Crippen LogP contribution in [-0.4, -0.2) is 70.0 Å². The Morgan fingerprint density at radius 2 is 1.81 bits per heavy atom. The van der Waals surface area contributed by atoms with E-state index >= 15 is 0 Å². The molecule has 2 aliphatic heterocycles. The minimum Gasteiger partial charge on any atom is -0.333 e. The second-order valence-electron chi connectivity index (χ2n) is 9.21. The summed E-state index contributed by atoms with van der Waals surface area (Å²) in [6.07, 6.45) is 1.61. The Balaban J connectivity index is 1.61. The van der Waals surface area contributed by atoms with Crippen molar-refractivity contribution in [3.8, 4) is 0 Å². The molecule has 2 aromatic carbocycles. The second kappa shape index (κ2) is 11.5. The summed E-state index contributed by atoms with van der Waals surface area (Å²) in [7, 11) is 1.72. The highest BCUT2D eigenvalue weighted by atomic mass is 35.5. The molecule has 10 heteroatoms. The van der Waals surface area contributed by atoms with E-state index in [1.54, 1.807) is 39.0 Å². The normalized spacial score (nSPS) is 20.5. The molecule has 4 rings (SSSR count). The lowest BCUT2D eigenvalue weighted by molar-refractivity contribution is -0.188. The van der Waals surface area contributed by atoms with Crippen LogP contribution in [0, 0.1) is 0 Å². The van der Waals surface area contributed by atoms with E-state index in [0.29, 0.717) is 29.6 Å². The summed E-state index contributed by atoms with van der Waals surface area (Å²) >= 11 is 12.3. The van der Waals surface area contributed by atoms with Crippen molar-refractivity contribution >= 4 is 41.0 Å². The Morgan fingerprint density at radius 3 is 2.50 bits per heavy atom. The Labute approximate surface area is 221 Å². The Hall–Kier alpha value is -2.81. The number of hydrogen-bond donors (Lipinski definition) is 1. The molecule has 0 aromatic heterocycles. The number of carbonyl (C=O) groups excluding carboxylic acids is 3. The first-order valence-electron chi connectivity index (χ1n) is 12.2.